The van der Waals surface area contributed by atoms with Crippen molar-refractivity contribution in [3.8, 4) is 11.5 Å². The molecule has 0 bridgehead atoms. The fourth-order valence-electron chi connectivity index (χ4n) is 2.40. The second kappa shape index (κ2) is 8.45. The molecule has 144 valence electrons. The fourth-order valence-corrected chi connectivity index (χ4v) is 4.06. The maximum Gasteiger partial charge on any atom is 0.341 e. The summed E-state index contributed by atoms with van der Waals surface area (Å²) in [6.07, 6.45) is 0. The second-order valence-corrected chi connectivity index (χ2v) is 8.28. The van der Waals surface area contributed by atoms with Crippen LogP contribution in [0.2, 0.25) is 0 Å². The Balaban J connectivity index is 1.77. The molecule has 8 heteroatoms. The van der Waals surface area contributed by atoms with Gasteiger partial charge in [-0.3, -0.25) is 4.72 Å². The Labute approximate surface area is 171 Å². The monoisotopic (exact) mass is 461 g/mol. The first-order valence-electron chi connectivity index (χ1n) is 8.13. The van der Waals surface area contributed by atoms with Crippen molar-refractivity contribution in [2.45, 2.75) is 4.90 Å². The Morgan fingerprint density at radius 3 is 2.36 bits per heavy atom. The third kappa shape index (κ3) is 4.71. The lowest BCUT2D eigenvalue weighted by Gasteiger charge is -2.11. The lowest BCUT2D eigenvalue weighted by atomic mass is 10.2. The Morgan fingerprint density at radius 1 is 0.964 bits per heavy atom. The first-order valence-corrected chi connectivity index (χ1v) is 10.4. The molecule has 0 aromatic heterocycles. The number of ether oxygens (including phenoxy) is 2. The van der Waals surface area contributed by atoms with Crippen molar-refractivity contribution in [1.82, 2.24) is 0 Å². The van der Waals surface area contributed by atoms with Crippen molar-refractivity contribution in [1.29, 1.82) is 0 Å². The Hall–Kier alpha value is -2.84. The largest absolute Gasteiger partial charge is 0.465 e. The average Bonchev–Trinajstić information content (AvgIpc) is 2.69. The van der Waals surface area contributed by atoms with Crippen LogP contribution in [0.3, 0.4) is 0 Å². The molecule has 0 radical (unpaired) electrons. The van der Waals surface area contributed by atoms with Gasteiger partial charge in [-0.15, -0.1) is 0 Å². The van der Waals surface area contributed by atoms with Crippen LogP contribution in [-0.4, -0.2) is 21.5 Å². The average molecular weight is 462 g/mol. The van der Waals surface area contributed by atoms with E-state index in [4.69, 9.17) is 9.47 Å². The van der Waals surface area contributed by atoms with Crippen LogP contribution in [0.5, 0.6) is 11.5 Å². The van der Waals surface area contributed by atoms with Gasteiger partial charge in [0.2, 0.25) is 0 Å². The first-order chi connectivity index (χ1) is 13.4. The molecule has 0 atom stereocenters. The number of esters is 1. The van der Waals surface area contributed by atoms with Gasteiger partial charge in [0, 0.05) is 10.2 Å². The van der Waals surface area contributed by atoms with E-state index in [-0.39, 0.29) is 4.90 Å². The summed E-state index contributed by atoms with van der Waals surface area (Å²) in [6.45, 7) is 0. The standard InChI is InChI=1S/C20H16BrNO5S/c1-26-20(23)18-7-2-3-8-19(18)27-16-11-9-15(10-12-16)22-28(24,25)17-6-4-5-14(21)13-17/h2-13,22H,1H3. The number of carbonyl (C=O) groups excluding carboxylic acids is 1. The summed E-state index contributed by atoms with van der Waals surface area (Å²) >= 11 is 3.26. The maximum absolute atomic E-state index is 12.5. The van der Waals surface area contributed by atoms with Crippen molar-refractivity contribution in [2.24, 2.45) is 0 Å². The molecule has 3 aromatic rings. The molecule has 0 unspecified atom stereocenters. The molecule has 28 heavy (non-hydrogen) atoms. The van der Waals surface area contributed by atoms with Gasteiger partial charge < -0.3 is 9.47 Å². The normalized spacial score (nSPS) is 10.9. The molecule has 3 aromatic carbocycles. The summed E-state index contributed by atoms with van der Waals surface area (Å²) < 4.78 is 38.6. The SMILES string of the molecule is COC(=O)c1ccccc1Oc1ccc(NS(=O)(=O)c2cccc(Br)c2)cc1. The van der Waals surface area contributed by atoms with Crippen molar-refractivity contribution >= 4 is 37.6 Å². The highest BCUT2D eigenvalue weighted by Crippen LogP contribution is 2.27. The number of methoxy groups -OCH3 is 1. The Kier molecular flexibility index (Phi) is 6.01. The van der Waals surface area contributed by atoms with Crippen molar-refractivity contribution in [3.63, 3.8) is 0 Å². The molecular weight excluding hydrogens is 446 g/mol. The zero-order valence-corrected chi connectivity index (χ0v) is 17.2. The molecule has 0 aliphatic rings. The smallest absolute Gasteiger partial charge is 0.341 e. The van der Waals surface area contributed by atoms with Crippen LogP contribution >= 0.6 is 15.9 Å². The van der Waals surface area contributed by atoms with E-state index in [9.17, 15) is 13.2 Å². The topological polar surface area (TPSA) is 81.7 Å². The predicted octanol–water partition coefficient (Wildman–Crippen LogP) is 4.83. The fraction of sp³-hybridized carbons (Fsp3) is 0.0500. The van der Waals surface area contributed by atoms with Gasteiger partial charge in [0.25, 0.3) is 10.0 Å². The highest BCUT2D eigenvalue weighted by molar-refractivity contribution is 9.10. The number of rotatable bonds is 6. The minimum Gasteiger partial charge on any atom is -0.465 e. The van der Waals surface area contributed by atoms with Gasteiger partial charge in [-0.2, -0.15) is 0 Å². The minimum absolute atomic E-state index is 0.147. The number of benzene rings is 3. The highest BCUT2D eigenvalue weighted by atomic mass is 79.9. The van der Waals surface area contributed by atoms with E-state index < -0.39 is 16.0 Å². The number of carbonyl (C=O) groups is 1. The molecule has 1 N–H and O–H groups in total. The minimum atomic E-state index is -3.71. The van der Waals surface area contributed by atoms with E-state index in [1.165, 1.54) is 19.2 Å². The Morgan fingerprint density at radius 2 is 1.68 bits per heavy atom. The molecule has 0 amide bonds. The quantitative estimate of drug-likeness (QED) is 0.531. The molecule has 6 nitrogen and oxygen atoms in total. The van der Waals surface area contributed by atoms with Gasteiger partial charge in [0.05, 0.1) is 12.0 Å². The van der Waals surface area contributed by atoms with E-state index in [0.717, 1.165) is 0 Å². The summed E-state index contributed by atoms with van der Waals surface area (Å²) in [4.78, 5) is 12.0. The van der Waals surface area contributed by atoms with E-state index in [2.05, 4.69) is 20.7 Å². The van der Waals surface area contributed by atoms with Crippen LogP contribution in [0.15, 0.2) is 82.2 Å². The summed E-state index contributed by atoms with van der Waals surface area (Å²) in [5.41, 5.74) is 0.679. The number of hydrogen-bond acceptors (Lipinski definition) is 5. The van der Waals surface area contributed by atoms with Gasteiger partial charge in [-0.1, -0.05) is 34.1 Å². The van der Waals surface area contributed by atoms with Crippen LogP contribution < -0.4 is 9.46 Å². The van der Waals surface area contributed by atoms with Gasteiger partial charge >= 0.3 is 5.97 Å². The lowest BCUT2D eigenvalue weighted by Crippen LogP contribution is -2.12. The lowest BCUT2D eigenvalue weighted by molar-refractivity contribution is 0.0598. The van der Waals surface area contributed by atoms with Crippen LogP contribution in [0.4, 0.5) is 5.69 Å². The van der Waals surface area contributed by atoms with Crippen molar-refractivity contribution < 1.29 is 22.7 Å². The second-order valence-electron chi connectivity index (χ2n) is 5.68. The van der Waals surface area contributed by atoms with E-state index in [1.54, 1.807) is 60.7 Å². The van der Waals surface area contributed by atoms with E-state index in [1.807, 2.05) is 0 Å². The van der Waals surface area contributed by atoms with Gasteiger partial charge in [0.1, 0.15) is 17.1 Å². The molecule has 0 aliphatic carbocycles. The van der Waals surface area contributed by atoms with E-state index >= 15 is 0 Å². The summed E-state index contributed by atoms with van der Waals surface area (Å²) in [6, 6.07) is 19.5. The van der Waals surface area contributed by atoms with E-state index in [0.29, 0.717) is 27.2 Å². The molecule has 0 fully saturated rings. The molecule has 0 aliphatic heterocycles. The first kappa shape index (κ1) is 19.9. The summed E-state index contributed by atoms with van der Waals surface area (Å²) in [5, 5.41) is 0. The highest BCUT2D eigenvalue weighted by Gasteiger charge is 2.15. The zero-order chi connectivity index (χ0) is 20.1. The summed E-state index contributed by atoms with van der Waals surface area (Å²) in [7, 11) is -2.41. The third-order valence-electron chi connectivity index (χ3n) is 3.73. The number of para-hydroxylation sites is 1. The molecule has 0 saturated carbocycles. The van der Waals surface area contributed by atoms with Crippen molar-refractivity contribution in [3.05, 3.63) is 82.8 Å². The van der Waals surface area contributed by atoms with Crippen LogP contribution in [0, 0.1) is 0 Å². The van der Waals surface area contributed by atoms with Gasteiger partial charge in [0.15, 0.2) is 0 Å². The number of halogens is 1. The predicted molar refractivity (Wildman–Crippen MR) is 109 cm³/mol. The van der Waals surface area contributed by atoms with Gasteiger partial charge in [-0.25, -0.2) is 13.2 Å². The zero-order valence-electron chi connectivity index (χ0n) is 14.8. The van der Waals surface area contributed by atoms with Crippen LogP contribution in [-0.2, 0) is 14.8 Å². The van der Waals surface area contributed by atoms with Crippen molar-refractivity contribution in [2.75, 3.05) is 11.8 Å². The molecule has 3 rings (SSSR count). The third-order valence-corrected chi connectivity index (χ3v) is 5.61. The molecule has 0 spiro atoms. The summed E-state index contributed by atoms with van der Waals surface area (Å²) in [5.74, 6) is 0.285. The Bertz CT molecular complexity index is 1100. The van der Waals surface area contributed by atoms with Crippen LogP contribution in [0.1, 0.15) is 10.4 Å². The number of sulfonamides is 1. The molecular formula is C20H16BrNO5S. The maximum atomic E-state index is 12.5. The van der Waals surface area contributed by atoms with Crippen LogP contribution in [0.25, 0.3) is 0 Å². The molecule has 0 saturated heterocycles. The number of hydrogen-bond donors (Lipinski definition) is 1. The molecule has 0 heterocycles. The van der Waals surface area contributed by atoms with Gasteiger partial charge in [-0.05, 0) is 54.6 Å². The number of anilines is 1. The number of nitrogens with one attached hydrogen (secondary N) is 1.